The van der Waals surface area contributed by atoms with Gasteiger partial charge in [-0.1, -0.05) is 146 Å². The van der Waals surface area contributed by atoms with Crippen LogP contribution in [0.15, 0.2) is 200 Å². The molecule has 5 nitrogen and oxygen atoms in total. The maximum Gasteiger partial charge on any atom is 0.164 e. The lowest BCUT2D eigenvalue weighted by molar-refractivity contribution is 1.07. The zero-order chi connectivity index (χ0) is 37.0. The Kier molecular flexibility index (Phi) is 7.42. The van der Waals surface area contributed by atoms with E-state index in [9.17, 15) is 0 Å². The summed E-state index contributed by atoms with van der Waals surface area (Å²) in [4.78, 5) is 14.9. The molecule has 5 heteroatoms. The number of aromatic nitrogens is 5. The van der Waals surface area contributed by atoms with Crippen molar-refractivity contribution >= 4 is 43.6 Å². The van der Waals surface area contributed by atoms with Crippen LogP contribution in [0.3, 0.4) is 0 Å². The third-order valence-corrected chi connectivity index (χ3v) is 10.8. The van der Waals surface area contributed by atoms with Gasteiger partial charge in [0.2, 0.25) is 0 Å². The van der Waals surface area contributed by atoms with E-state index in [1.165, 1.54) is 49.2 Å². The van der Waals surface area contributed by atoms with Crippen LogP contribution in [-0.2, 0) is 0 Å². The van der Waals surface area contributed by atoms with E-state index in [2.05, 4.69) is 149 Å². The topological polar surface area (TPSA) is 48.5 Å². The highest BCUT2D eigenvalue weighted by Gasteiger charge is 2.21. The van der Waals surface area contributed by atoms with Crippen LogP contribution >= 0.6 is 0 Å². The summed E-state index contributed by atoms with van der Waals surface area (Å²) < 4.78 is 4.84. The second kappa shape index (κ2) is 13.0. The molecule has 0 aliphatic rings. The zero-order valence-corrected chi connectivity index (χ0v) is 30.3. The molecule has 0 unspecified atom stereocenters. The molecule has 0 atom stereocenters. The summed E-state index contributed by atoms with van der Waals surface area (Å²) in [5, 5.41) is 4.86. The first-order valence-corrected chi connectivity index (χ1v) is 18.9. The summed E-state index contributed by atoms with van der Waals surface area (Å²) in [5.41, 5.74) is 12.0. The Labute approximate surface area is 323 Å². The van der Waals surface area contributed by atoms with E-state index < -0.39 is 0 Å². The molecule has 0 bridgehead atoms. The molecule has 56 heavy (non-hydrogen) atoms. The van der Waals surface area contributed by atoms with Crippen molar-refractivity contribution in [1.29, 1.82) is 0 Å². The molecule has 3 aromatic heterocycles. The summed E-state index contributed by atoms with van der Waals surface area (Å²) in [6.45, 7) is 0. The van der Waals surface area contributed by atoms with Crippen LogP contribution in [0.2, 0.25) is 0 Å². The lowest BCUT2D eigenvalue weighted by Crippen LogP contribution is -2.00. The molecule has 262 valence electrons. The van der Waals surface area contributed by atoms with Crippen molar-refractivity contribution in [3.05, 3.63) is 200 Å². The van der Waals surface area contributed by atoms with Crippen LogP contribution in [0.25, 0.3) is 100 Å². The summed E-state index contributed by atoms with van der Waals surface area (Å²) in [5.74, 6) is 1.92. The quantitative estimate of drug-likeness (QED) is 0.172. The number of nitrogens with zero attached hydrogens (tertiary/aromatic N) is 5. The second-order valence-corrected chi connectivity index (χ2v) is 14.1. The van der Waals surface area contributed by atoms with Crippen LogP contribution in [0.4, 0.5) is 0 Å². The lowest BCUT2D eigenvalue weighted by Gasteiger charge is -2.12. The van der Waals surface area contributed by atoms with E-state index >= 15 is 0 Å². The predicted octanol–water partition coefficient (Wildman–Crippen LogP) is 12.7. The molecule has 0 radical (unpaired) electrons. The fourth-order valence-electron chi connectivity index (χ4n) is 8.19. The Hall–Kier alpha value is -7.63. The monoisotopic (exact) mass is 715 g/mol. The predicted molar refractivity (Wildman–Crippen MR) is 230 cm³/mol. The maximum atomic E-state index is 5.01. The minimum atomic E-state index is 0.631. The van der Waals surface area contributed by atoms with E-state index in [1.54, 1.807) is 0 Å². The maximum absolute atomic E-state index is 5.01. The molecule has 0 aliphatic carbocycles. The standard InChI is InChI=1S/C51H33N5/c1-5-15-34(16-6-1)38-27-30-41-42-31-32-45-47(43-23-13-14-24-44(43)55(45)39-21-11-4-12-22-39)48(42)56(46(41)33-38)40-28-25-37(26-29-40)51-53-49(35-17-7-2-8-18-35)52-50(54-51)36-19-9-3-10-20-36/h1-33H. The minimum absolute atomic E-state index is 0.631. The molecule has 0 fully saturated rings. The molecule has 8 aromatic carbocycles. The largest absolute Gasteiger partial charge is 0.309 e. The Morgan fingerprint density at radius 1 is 0.286 bits per heavy atom. The SMILES string of the molecule is c1ccc(-c2ccc3c4ccc5c(c6ccccc6n5-c5ccccc5)c4n(-c4ccc(-c5nc(-c6ccccc6)nc(-c6ccccc6)n5)cc4)c3c2)cc1. The van der Waals surface area contributed by atoms with Crippen molar-refractivity contribution in [3.63, 3.8) is 0 Å². The number of hydrogen-bond acceptors (Lipinski definition) is 3. The third kappa shape index (κ3) is 5.21. The van der Waals surface area contributed by atoms with Crippen LogP contribution < -0.4 is 0 Å². The van der Waals surface area contributed by atoms with Crippen molar-refractivity contribution in [2.24, 2.45) is 0 Å². The molecule has 11 rings (SSSR count). The summed E-state index contributed by atoms with van der Waals surface area (Å²) in [6, 6.07) is 70.4. The average Bonchev–Trinajstić information content (AvgIpc) is 3.80. The van der Waals surface area contributed by atoms with Gasteiger partial charge in [-0.3, -0.25) is 0 Å². The van der Waals surface area contributed by atoms with Gasteiger partial charge in [0.25, 0.3) is 0 Å². The van der Waals surface area contributed by atoms with Gasteiger partial charge in [0.15, 0.2) is 17.5 Å². The summed E-state index contributed by atoms with van der Waals surface area (Å²) in [7, 11) is 0. The van der Waals surface area contributed by atoms with Gasteiger partial charge < -0.3 is 9.13 Å². The number of para-hydroxylation sites is 2. The van der Waals surface area contributed by atoms with Crippen LogP contribution in [0.5, 0.6) is 0 Å². The highest BCUT2D eigenvalue weighted by molar-refractivity contribution is 6.26. The van der Waals surface area contributed by atoms with E-state index in [4.69, 9.17) is 15.0 Å². The Balaban J connectivity index is 1.16. The lowest BCUT2D eigenvalue weighted by atomic mass is 10.0. The van der Waals surface area contributed by atoms with E-state index in [0.29, 0.717) is 17.5 Å². The normalized spacial score (nSPS) is 11.6. The molecular formula is C51H33N5. The van der Waals surface area contributed by atoms with Gasteiger partial charge >= 0.3 is 0 Å². The molecular weight excluding hydrogens is 683 g/mol. The van der Waals surface area contributed by atoms with Crippen LogP contribution in [0, 0.1) is 0 Å². The van der Waals surface area contributed by atoms with Gasteiger partial charge in [-0.2, -0.15) is 0 Å². The summed E-state index contributed by atoms with van der Waals surface area (Å²) in [6.07, 6.45) is 0. The van der Waals surface area contributed by atoms with Crippen molar-refractivity contribution in [1.82, 2.24) is 24.1 Å². The van der Waals surface area contributed by atoms with E-state index in [0.717, 1.165) is 33.6 Å². The first kappa shape index (κ1) is 31.9. The molecule has 0 saturated carbocycles. The fraction of sp³-hybridized carbons (Fsp3) is 0. The van der Waals surface area contributed by atoms with Crippen molar-refractivity contribution < 1.29 is 0 Å². The molecule has 0 N–H and O–H groups in total. The van der Waals surface area contributed by atoms with E-state index in [1.807, 2.05) is 60.7 Å². The molecule has 0 spiro atoms. The second-order valence-electron chi connectivity index (χ2n) is 14.1. The van der Waals surface area contributed by atoms with Crippen LogP contribution in [0.1, 0.15) is 0 Å². The Morgan fingerprint density at radius 3 is 1.39 bits per heavy atom. The van der Waals surface area contributed by atoms with Crippen LogP contribution in [-0.4, -0.2) is 24.1 Å². The van der Waals surface area contributed by atoms with Crippen molar-refractivity contribution in [2.45, 2.75) is 0 Å². The number of benzene rings is 8. The Morgan fingerprint density at radius 2 is 0.768 bits per heavy atom. The Bertz CT molecular complexity index is 3150. The number of rotatable bonds is 6. The fourth-order valence-corrected chi connectivity index (χ4v) is 8.19. The highest BCUT2D eigenvalue weighted by atomic mass is 15.0. The van der Waals surface area contributed by atoms with Gasteiger partial charge in [0.1, 0.15) is 0 Å². The molecule has 11 aromatic rings. The number of fused-ring (bicyclic) bond motifs is 7. The van der Waals surface area contributed by atoms with Crippen molar-refractivity contribution in [2.75, 3.05) is 0 Å². The molecule has 0 saturated heterocycles. The third-order valence-electron chi connectivity index (χ3n) is 10.8. The average molecular weight is 716 g/mol. The smallest absolute Gasteiger partial charge is 0.164 e. The van der Waals surface area contributed by atoms with Gasteiger partial charge in [-0.15, -0.1) is 0 Å². The van der Waals surface area contributed by atoms with E-state index in [-0.39, 0.29) is 0 Å². The van der Waals surface area contributed by atoms with Gasteiger partial charge in [-0.25, -0.2) is 15.0 Å². The molecule has 0 aliphatic heterocycles. The van der Waals surface area contributed by atoms with Gasteiger partial charge in [0, 0.05) is 49.6 Å². The molecule has 3 heterocycles. The van der Waals surface area contributed by atoms with Gasteiger partial charge in [-0.05, 0) is 65.7 Å². The first-order valence-electron chi connectivity index (χ1n) is 18.9. The first-order chi connectivity index (χ1) is 27.8. The highest BCUT2D eigenvalue weighted by Crippen LogP contribution is 2.43. The molecule has 0 amide bonds. The zero-order valence-electron chi connectivity index (χ0n) is 30.3. The van der Waals surface area contributed by atoms with Gasteiger partial charge in [0.05, 0.1) is 22.1 Å². The minimum Gasteiger partial charge on any atom is -0.309 e. The van der Waals surface area contributed by atoms with Crippen molar-refractivity contribution in [3.8, 4) is 56.7 Å². The number of hydrogen-bond donors (Lipinski definition) is 0. The summed E-state index contributed by atoms with van der Waals surface area (Å²) >= 11 is 0.